The predicted molar refractivity (Wildman–Crippen MR) is 77.5 cm³/mol. The fourth-order valence-electron chi connectivity index (χ4n) is 3.72. The first-order valence-corrected chi connectivity index (χ1v) is 6.73. The van der Waals surface area contributed by atoms with E-state index in [1.54, 1.807) is 6.20 Å². The Bertz CT molecular complexity index is 408. The molecule has 1 saturated carbocycles. The van der Waals surface area contributed by atoms with Gasteiger partial charge in [-0.3, -0.25) is 4.98 Å². The Morgan fingerprint density at radius 3 is 2.33 bits per heavy atom. The van der Waals surface area contributed by atoms with Crippen LogP contribution in [0.2, 0.25) is 0 Å². The summed E-state index contributed by atoms with van der Waals surface area (Å²) >= 11 is 0. The second kappa shape index (κ2) is 4.45. The molecule has 0 atom stereocenters. The van der Waals surface area contributed by atoms with Crippen molar-refractivity contribution in [1.29, 1.82) is 0 Å². The van der Waals surface area contributed by atoms with Crippen molar-refractivity contribution in [2.45, 2.75) is 53.0 Å². The molecule has 1 aromatic rings. The molecule has 0 saturated heterocycles. The Balaban J connectivity index is 2.09. The topological polar surface area (TPSA) is 50.9 Å². The molecule has 0 amide bonds. The van der Waals surface area contributed by atoms with Gasteiger partial charge in [0, 0.05) is 12.2 Å². The summed E-state index contributed by atoms with van der Waals surface area (Å²) in [5, 5.41) is 3.59. The monoisotopic (exact) mass is 247 g/mol. The van der Waals surface area contributed by atoms with Crippen LogP contribution in [0.5, 0.6) is 0 Å². The number of hydrogen-bond acceptors (Lipinski definition) is 3. The number of pyridine rings is 1. The van der Waals surface area contributed by atoms with Crippen molar-refractivity contribution in [2.75, 3.05) is 11.1 Å². The van der Waals surface area contributed by atoms with Gasteiger partial charge in [-0.05, 0) is 36.2 Å². The highest BCUT2D eigenvalue weighted by Crippen LogP contribution is 2.46. The molecular weight excluding hydrogens is 222 g/mol. The maximum Gasteiger partial charge on any atom is 0.0549 e. The summed E-state index contributed by atoms with van der Waals surface area (Å²) in [4.78, 5) is 4.13. The molecule has 1 aromatic heterocycles. The average Bonchev–Trinajstić information content (AvgIpc) is 2.11. The number of hydrogen-bond donors (Lipinski definition) is 2. The maximum absolute atomic E-state index is 5.77. The third kappa shape index (κ3) is 3.37. The summed E-state index contributed by atoms with van der Waals surface area (Å²) < 4.78 is 0. The van der Waals surface area contributed by atoms with Crippen molar-refractivity contribution in [3.8, 4) is 0 Å². The molecule has 0 unspecified atom stereocenters. The van der Waals surface area contributed by atoms with Crippen LogP contribution in [0.3, 0.4) is 0 Å². The summed E-state index contributed by atoms with van der Waals surface area (Å²) in [6.07, 6.45) is 7.22. The molecule has 0 radical (unpaired) electrons. The zero-order valence-corrected chi connectivity index (χ0v) is 12.0. The van der Waals surface area contributed by atoms with Crippen LogP contribution in [0.4, 0.5) is 11.4 Å². The first kappa shape index (κ1) is 13.2. The van der Waals surface area contributed by atoms with E-state index in [-0.39, 0.29) is 0 Å². The van der Waals surface area contributed by atoms with E-state index in [9.17, 15) is 0 Å². The van der Waals surface area contributed by atoms with Crippen LogP contribution in [0, 0.1) is 10.8 Å². The molecule has 0 spiro atoms. The Morgan fingerprint density at radius 2 is 1.78 bits per heavy atom. The van der Waals surface area contributed by atoms with Crippen molar-refractivity contribution in [1.82, 2.24) is 4.98 Å². The standard InChI is InChI=1S/C15H25N3/c1-14(2)6-13(7-15(3,4)10-14)18-12-5-11(16)8-17-9-12/h5,8-9,13,18H,6-7,10,16H2,1-4H3. The van der Waals surface area contributed by atoms with Crippen LogP contribution >= 0.6 is 0 Å². The normalized spacial score (nSPS) is 22.7. The summed E-state index contributed by atoms with van der Waals surface area (Å²) in [6, 6.07) is 2.47. The van der Waals surface area contributed by atoms with Gasteiger partial charge in [-0.25, -0.2) is 0 Å². The lowest BCUT2D eigenvalue weighted by Gasteiger charge is -2.45. The number of nitrogens with one attached hydrogen (secondary N) is 1. The molecule has 3 N–H and O–H groups in total. The molecule has 18 heavy (non-hydrogen) atoms. The smallest absolute Gasteiger partial charge is 0.0549 e. The van der Waals surface area contributed by atoms with E-state index in [0.717, 1.165) is 5.69 Å². The highest BCUT2D eigenvalue weighted by molar-refractivity contribution is 5.51. The average molecular weight is 247 g/mol. The molecule has 100 valence electrons. The van der Waals surface area contributed by atoms with E-state index in [2.05, 4.69) is 38.0 Å². The van der Waals surface area contributed by atoms with Gasteiger partial charge in [0.1, 0.15) is 0 Å². The number of anilines is 2. The van der Waals surface area contributed by atoms with Gasteiger partial charge in [0.25, 0.3) is 0 Å². The van der Waals surface area contributed by atoms with Gasteiger partial charge < -0.3 is 11.1 Å². The second-order valence-electron chi connectivity index (χ2n) is 7.26. The SMILES string of the molecule is CC1(C)CC(Nc2cncc(N)c2)CC(C)(C)C1. The Labute approximate surface area is 110 Å². The molecule has 1 fully saturated rings. The Hall–Kier alpha value is -1.25. The number of nitrogen functional groups attached to an aromatic ring is 1. The van der Waals surface area contributed by atoms with E-state index >= 15 is 0 Å². The van der Waals surface area contributed by atoms with Crippen molar-refractivity contribution >= 4 is 11.4 Å². The van der Waals surface area contributed by atoms with Gasteiger partial charge in [0.15, 0.2) is 0 Å². The molecule has 1 heterocycles. The predicted octanol–water partition coefficient (Wildman–Crippen LogP) is 3.68. The van der Waals surface area contributed by atoms with Crippen molar-refractivity contribution in [3.05, 3.63) is 18.5 Å². The first-order chi connectivity index (χ1) is 8.26. The highest BCUT2D eigenvalue weighted by atomic mass is 14.9. The fraction of sp³-hybridized carbons (Fsp3) is 0.667. The van der Waals surface area contributed by atoms with E-state index in [1.807, 2.05) is 12.3 Å². The van der Waals surface area contributed by atoms with E-state index in [0.29, 0.717) is 22.6 Å². The van der Waals surface area contributed by atoms with Gasteiger partial charge in [0.2, 0.25) is 0 Å². The zero-order valence-electron chi connectivity index (χ0n) is 12.0. The number of nitrogens with zero attached hydrogens (tertiary/aromatic N) is 1. The van der Waals surface area contributed by atoms with Crippen LogP contribution in [0.25, 0.3) is 0 Å². The molecule has 3 nitrogen and oxygen atoms in total. The Morgan fingerprint density at radius 1 is 1.17 bits per heavy atom. The van der Waals surface area contributed by atoms with Crippen LogP contribution < -0.4 is 11.1 Å². The number of aromatic nitrogens is 1. The molecule has 0 bridgehead atoms. The van der Waals surface area contributed by atoms with Crippen LogP contribution in [0.15, 0.2) is 18.5 Å². The Kier molecular flexibility index (Phi) is 3.26. The summed E-state index contributed by atoms with van der Waals surface area (Å²) in [5.41, 5.74) is 8.31. The van der Waals surface area contributed by atoms with Gasteiger partial charge in [-0.2, -0.15) is 0 Å². The molecule has 1 aliphatic rings. The molecule has 3 heteroatoms. The largest absolute Gasteiger partial charge is 0.397 e. The van der Waals surface area contributed by atoms with E-state index < -0.39 is 0 Å². The molecule has 2 rings (SSSR count). The van der Waals surface area contributed by atoms with Crippen molar-refractivity contribution in [3.63, 3.8) is 0 Å². The van der Waals surface area contributed by atoms with Crippen molar-refractivity contribution in [2.24, 2.45) is 10.8 Å². The minimum atomic E-state index is 0.396. The number of nitrogens with two attached hydrogens (primary N) is 1. The van der Waals surface area contributed by atoms with Gasteiger partial charge in [-0.1, -0.05) is 27.7 Å². The first-order valence-electron chi connectivity index (χ1n) is 6.73. The minimum Gasteiger partial charge on any atom is -0.397 e. The summed E-state index contributed by atoms with van der Waals surface area (Å²) in [6.45, 7) is 9.45. The lowest BCUT2D eigenvalue weighted by atomic mass is 9.63. The van der Waals surface area contributed by atoms with Crippen LogP contribution in [-0.2, 0) is 0 Å². The third-order valence-corrected chi connectivity index (χ3v) is 3.69. The lowest BCUT2D eigenvalue weighted by Crippen LogP contribution is -2.40. The summed E-state index contributed by atoms with van der Waals surface area (Å²) in [7, 11) is 0. The van der Waals surface area contributed by atoms with Gasteiger partial charge in [0.05, 0.1) is 17.6 Å². The van der Waals surface area contributed by atoms with Crippen LogP contribution in [-0.4, -0.2) is 11.0 Å². The molecule has 1 aliphatic carbocycles. The molecule has 0 aromatic carbocycles. The van der Waals surface area contributed by atoms with Gasteiger partial charge in [-0.15, -0.1) is 0 Å². The van der Waals surface area contributed by atoms with Crippen LogP contribution in [0.1, 0.15) is 47.0 Å². The number of rotatable bonds is 2. The summed E-state index contributed by atoms with van der Waals surface area (Å²) in [5.74, 6) is 0. The zero-order chi connectivity index (χ0) is 13.4. The minimum absolute atomic E-state index is 0.396. The third-order valence-electron chi connectivity index (χ3n) is 3.69. The maximum atomic E-state index is 5.77. The highest BCUT2D eigenvalue weighted by Gasteiger charge is 2.38. The van der Waals surface area contributed by atoms with E-state index in [1.165, 1.54) is 19.3 Å². The molecular formula is C15H25N3. The van der Waals surface area contributed by atoms with Crippen molar-refractivity contribution < 1.29 is 0 Å². The second-order valence-corrected chi connectivity index (χ2v) is 7.26. The van der Waals surface area contributed by atoms with Gasteiger partial charge >= 0.3 is 0 Å². The fourth-order valence-corrected chi connectivity index (χ4v) is 3.72. The quantitative estimate of drug-likeness (QED) is 0.838. The molecule has 0 aliphatic heterocycles. The van der Waals surface area contributed by atoms with E-state index in [4.69, 9.17) is 5.73 Å². The lowest BCUT2D eigenvalue weighted by molar-refractivity contribution is 0.105.